The fraction of sp³-hybridized carbons (Fsp3) is 0.800. The Hall–Kier alpha value is -1.65. The minimum Gasteiger partial charge on any atom is -0.462 e. The number of carbonyl (C=O) groups is 3. The van der Waals surface area contributed by atoms with Gasteiger partial charge >= 0.3 is 11.9 Å². The van der Waals surface area contributed by atoms with E-state index in [1.165, 1.54) is 19.4 Å². The van der Waals surface area contributed by atoms with E-state index in [0.29, 0.717) is 12.3 Å². The zero-order valence-electron chi connectivity index (χ0n) is 19.1. The van der Waals surface area contributed by atoms with Crippen molar-refractivity contribution >= 4 is 17.7 Å². The van der Waals surface area contributed by atoms with Crippen molar-refractivity contribution in [1.29, 1.82) is 0 Å². The van der Waals surface area contributed by atoms with Gasteiger partial charge in [0.05, 0.1) is 0 Å². The summed E-state index contributed by atoms with van der Waals surface area (Å²) >= 11 is 0. The highest BCUT2D eigenvalue weighted by molar-refractivity contribution is 5.94. The lowest BCUT2D eigenvalue weighted by atomic mass is 9.46. The van der Waals surface area contributed by atoms with Crippen molar-refractivity contribution in [2.45, 2.75) is 97.7 Å². The molecule has 0 bridgehead atoms. The number of rotatable bonds is 3. The lowest BCUT2D eigenvalue weighted by Gasteiger charge is -2.58. The van der Waals surface area contributed by atoms with E-state index in [9.17, 15) is 14.4 Å². The van der Waals surface area contributed by atoms with Gasteiger partial charge in [-0.1, -0.05) is 26.3 Å². The van der Waals surface area contributed by atoms with Gasteiger partial charge in [-0.25, -0.2) is 0 Å². The van der Waals surface area contributed by atoms with Gasteiger partial charge in [0.25, 0.3) is 0 Å². The lowest BCUT2D eigenvalue weighted by molar-refractivity contribution is -0.182. The van der Waals surface area contributed by atoms with Crippen LogP contribution < -0.4 is 0 Å². The van der Waals surface area contributed by atoms with Crippen LogP contribution >= 0.6 is 0 Å². The molecule has 0 amide bonds. The van der Waals surface area contributed by atoms with Crippen LogP contribution in [0.5, 0.6) is 0 Å². The van der Waals surface area contributed by atoms with Crippen molar-refractivity contribution in [3.05, 3.63) is 11.6 Å². The first-order valence-corrected chi connectivity index (χ1v) is 11.7. The highest BCUT2D eigenvalue weighted by Crippen LogP contribution is 2.67. The summed E-state index contributed by atoms with van der Waals surface area (Å²) in [4.78, 5) is 36.8. The topological polar surface area (TPSA) is 69.7 Å². The van der Waals surface area contributed by atoms with E-state index in [1.807, 2.05) is 6.08 Å². The smallest absolute Gasteiger partial charge is 0.303 e. The highest BCUT2D eigenvalue weighted by atomic mass is 16.6. The van der Waals surface area contributed by atoms with Crippen LogP contribution in [0.15, 0.2) is 11.6 Å². The largest absolute Gasteiger partial charge is 0.462 e. The molecule has 3 saturated carbocycles. The summed E-state index contributed by atoms with van der Waals surface area (Å²) in [5, 5.41) is 0. The molecule has 0 aromatic heterocycles. The van der Waals surface area contributed by atoms with Gasteiger partial charge in [0, 0.05) is 31.6 Å². The Morgan fingerprint density at radius 3 is 2.37 bits per heavy atom. The summed E-state index contributed by atoms with van der Waals surface area (Å²) in [6.45, 7) is 9.66. The average Bonchev–Trinajstić information content (AvgIpc) is 2.95. The molecular formula is C25H36O5. The van der Waals surface area contributed by atoms with Crippen LogP contribution in [-0.4, -0.2) is 29.4 Å². The van der Waals surface area contributed by atoms with E-state index in [4.69, 9.17) is 9.47 Å². The van der Waals surface area contributed by atoms with Crippen molar-refractivity contribution < 1.29 is 23.9 Å². The van der Waals surface area contributed by atoms with Crippen molar-refractivity contribution in [1.82, 2.24) is 0 Å². The van der Waals surface area contributed by atoms with Gasteiger partial charge in [-0.3, -0.25) is 14.4 Å². The number of fused-ring (bicyclic) bond motifs is 5. The Morgan fingerprint density at radius 1 is 1.03 bits per heavy atom. The molecule has 0 spiro atoms. The number of allylic oxidation sites excluding steroid dienone is 1. The third-order valence-corrected chi connectivity index (χ3v) is 9.43. The summed E-state index contributed by atoms with van der Waals surface area (Å²) in [6, 6.07) is 0. The number of esters is 2. The first-order valence-electron chi connectivity index (χ1n) is 11.7. The maximum Gasteiger partial charge on any atom is 0.303 e. The van der Waals surface area contributed by atoms with E-state index >= 15 is 0 Å². The van der Waals surface area contributed by atoms with Crippen LogP contribution in [-0.2, 0) is 23.9 Å². The molecule has 7 atom stereocenters. The molecule has 4 aliphatic carbocycles. The van der Waals surface area contributed by atoms with Crippen LogP contribution in [0.1, 0.15) is 86.0 Å². The number of hydrogen-bond acceptors (Lipinski definition) is 5. The predicted octanol–water partition coefficient (Wildman–Crippen LogP) is 4.77. The fourth-order valence-corrected chi connectivity index (χ4v) is 7.89. The van der Waals surface area contributed by atoms with Crippen molar-refractivity contribution in [2.24, 2.45) is 28.6 Å². The van der Waals surface area contributed by atoms with Crippen LogP contribution in [0, 0.1) is 28.6 Å². The van der Waals surface area contributed by atoms with Gasteiger partial charge in [0.1, 0.15) is 11.7 Å². The summed E-state index contributed by atoms with van der Waals surface area (Å²) in [5.74, 6) is 0.363. The third kappa shape index (κ3) is 2.98. The van der Waals surface area contributed by atoms with Gasteiger partial charge in [0.15, 0.2) is 5.78 Å². The van der Waals surface area contributed by atoms with Gasteiger partial charge in [-0.2, -0.15) is 0 Å². The second kappa shape index (κ2) is 7.20. The number of carbonyl (C=O) groups excluding carboxylic acids is 3. The molecule has 0 aliphatic heterocycles. The zero-order chi connectivity index (χ0) is 21.9. The maximum absolute atomic E-state index is 13.5. The average molecular weight is 417 g/mol. The standard InChI is InChI=1S/C25H36O5/c1-6-25(30-16(3)27)12-9-20-22-19(8-11-24(20,25)5)23(4)10-7-18(29-15(2)26)13-17(23)14-21(22)28/h14,18-20,22H,6-13H2,1-5H3/t18?,19-,20-,22+,23-,24-,25+/m0/s1. The van der Waals surface area contributed by atoms with Gasteiger partial charge in [-0.15, -0.1) is 0 Å². The molecule has 0 N–H and O–H groups in total. The highest BCUT2D eigenvalue weighted by Gasteiger charge is 2.66. The van der Waals surface area contributed by atoms with E-state index in [1.54, 1.807) is 0 Å². The molecular weight excluding hydrogens is 380 g/mol. The second-order valence-electron chi connectivity index (χ2n) is 10.6. The summed E-state index contributed by atoms with van der Waals surface area (Å²) in [7, 11) is 0. The Balaban J connectivity index is 1.66. The number of hydrogen-bond donors (Lipinski definition) is 0. The van der Waals surface area contributed by atoms with Gasteiger partial charge in [-0.05, 0) is 68.3 Å². The predicted molar refractivity (Wildman–Crippen MR) is 112 cm³/mol. The van der Waals surface area contributed by atoms with Gasteiger partial charge < -0.3 is 9.47 Å². The quantitative estimate of drug-likeness (QED) is 0.620. The minimum absolute atomic E-state index is 0.00451. The SMILES string of the molecule is CC[C@@]1(OC(C)=O)CC[C@H]2[C@@H]3C(=O)C=C4CC(OC(C)=O)CC[C@]4(C)[C@H]3CC[C@@]21C. The molecule has 0 aromatic carbocycles. The van der Waals surface area contributed by atoms with Crippen LogP contribution in [0.4, 0.5) is 0 Å². The number of ether oxygens (including phenoxy) is 2. The van der Waals surface area contributed by atoms with Crippen molar-refractivity contribution in [3.8, 4) is 0 Å². The molecule has 0 radical (unpaired) electrons. The normalized spacial score (nSPS) is 45.0. The van der Waals surface area contributed by atoms with E-state index in [2.05, 4.69) is 20.8 Å². The Kier molecular flexibility index (Phi) is 5.18. The molecule has 5 nitrogen and oxygen atoms in total. The Bertz CT molecular complexity index is 799. The molecule has 0 heterocycles. The summed E-state index contributed by atoms with van der Waals surface area (Å²) in [6.07, 6.45) is 8.84. The molecule has 4 aliphatic rings. The second-order valence-corrected chi connectivity index (χ2v) is 10.6. The molecule has 0 aromatic rings. The Labute approximate surface area is 179 Å². The van der Waals surface area contributed by atoms with Crippen LogP contribution in [0.25, 0.3) is 0 Å². The molecule has 30 heavy (non-hydrogen) atoms. The van der Waals surface area contributed by atoms with E-state index in [0.717, 1.165) is 44.9 Å². The molecule has 3 fully saturated rings. The molecule has 1 unspecified atom stereocenters. The molecule has 166 valence electrons. The van der Waals surface area contributed by atoms with Crippen LogP contribution in [0.3, 0.4) is 0 Å². The third-order valence-electron chi connectivity index (χ3n) is 9.43. The van der Waals surface area contributed by atoms with E-state index < -0.39 is 5.60 Å². The molecule has 5 heteroatoms. The summed E-state index contributed by atoms with van der Waals surface area (Å²) in [5.41, 5.74) is 0.567. The van der Waals surface area contributed by atoms with Crippen LogP contribution in [0.2, 0.25) is 0 Å². The molecule has 4 rings (SSSR count). The summed E-state index contributed by atoms with van der Waals surface area (Å²) < 4.78 is 11.5. The lowest BCUT2D eigenvalue weighted by Crippen LogP contribution is -2.57. The first kappa shape index (κ1) is 21.6. The zero-order valence-corrected chi connectivity index (χ0v) is 19.1. The van der Waals surface area contributed by atoms with Crippen molar-refractivity contribution in [2.75, 3.05) is 0 Å². The monoisotopic (exact) mass is 416 g/mol. The maximum atomic E-state index is 13.5. The van der Waals surface area contributed by atoms with E-state index in [-0.39, 0.29) is 46.5 Å². The fourth-order valence-electron chi connectivity index (χ4n) is 7.89. The number of ketones is 1. The molecule has 0 saturated heterocycles. The van der Waals surface area contributed by atoms with Crippen molar-refractivity contribution in [3.63, 3.8) is 0 Å². The van der Waals surface area contributed by atoms with Gasteiger partial charge in [0.2, 0.25) is 0 Å². The minimum atomic E-state index is -0.452. The first-order chi connectivity index (χ1) is 14.1. The Morgan fingerprint density at radius 2 is 1.73 bits per heavy atom.